The fourth-order valence-electron chi connectivity index (χ4n) is 2.78. The van der Waals surface area contributed by atoms with Crippen molar-refractivity contribution >= 4 is 11.8 Å². The lowest BCUT2D eigenvalue weighted by molar-refractivity contribution is -0.121. The van der Waals surface area contributed by atoms with Crippen LogP contribution in [0.3, 0.4) is 0 Å². The lowest BCUT2D eigenvalue weighted by Crippen LogP contribution is -2.42. The minimum Gasteiger partial charge on any atom is -0.366 e. The van der Waals surface area contributed by atoms with Gasteiger partial charge in [0.2, 0.25) is 11.8 Å². The first-order valence-corrected chi connectivity index (χ1v) is 10.0. The second-order valence-electron chi connectivity index (χ2n) is 6.90. The molecule has 0 aliphatic heterocycles. The third kappa shape index (κ3) is 9.90. The lowest BCUT2D eigenvalue weighted by Gasteiger charge is -2.25. The zero-order valence-corrected chi connectivity index (χ0v) is 18.6. The Kier molecular flexibility index (Phi) is 13.0. The van der Waals surface area contributed by atoms with E-state index < -0.39 is 5.91 Å². The summed E-state index contributed by atoms with van der Waals surface area (Å²) in [5.41, 5.74) is 7.85. The Morgan fingerprint density at radius 1 is 1.17 bits per heavy atom. The average molecular weight is 400 g/mol. The Morgan fingerprint density at radius 2 is 1.76 bits per heavy atom. The Balaban J connectivity index is 0.00000379. The first-order valence-electron chi connectivity index (χ1n) is 10.0. The van der Waals surface area contributed by atoms with Crippen molar-refractivity contribution in [1.82, 2.24) is 10.2 Å². The summed E-state index contributed by atoms with van der Waals surface area (Å²) < 4.78 is 0. The summed E-state index contributed by atoms with van der Waals surface area (Å²) in [6.45, 7) is 14.0. The van der Waals surface area contributed by atoms with E-state index in [1.165, 1.54) is 0 Å². The highest BCUT2D eigenvalue weighted by atomic mass is 16.1. The largest absolute Gasteiger partial charge is 0.366 e. The van der Waals surface area contributed by atoms with Crippen molar-refractivity contribution in [2.75, 3.05) is 20.6 Å². The average Bonchev–Trinajstić information content (AvgIpc) is 2.70. The Bertz CT molecular complexity index is 691. The third-order valence-corrected chi connectivity index (χ3v) is 4.58. The zero-order chi connectivity index (χ0) is 22.4. The van der Waals surface area contributed by atoms with E-state index in [-0.39, 0.29) is 17.9 Å². The van der Waals surface area contributed by atoms with Crippen LogP contribution < -0.4 is 11.1 Å². The molecule has 5 heteroatoms. The molecule has 0 aliphatic rings. The van der Waals surface area contributed by atoms with Gasteiger partial charge in [0, 0.05) is 24.6 Å². The SMILES string of the molecule is C=C/C=C(\C=C)C(C)CC(=O)NCC(Cc1ccc(C(N)=O)cc1)N(C)C.CC. The fraction of sp³-hybridized carbons (Fsp3) is 0.417. The molecular formula is C24H37N3O2. The van der Waals surface area contributed by atoms with Crippen LogP contribution >= 0.6 is 0 Å². The van der Waals surface area contributed by atoms with Gasteiger partial charge in [-0.3, -0.25) is 9.59 Å². The molecule has 3 N–H and O–H groups in total. The van der Waals surface area contributed by atoms with E-state index in [1.807, 2.05) is 53.1 Å². The van der Waals surface area contributed by atoms with Gasteiger partial charge in [-0.25, -0.2) is 0 Å². The second kappa shape index (κ2) is 14.4. The number of amides is 2. The maximum Gasteiger partial charge on any atom is 0.248 e. The van der Waals surface area contributed by atoms with Crippen LogP contribution in [-0.4, -0.2) is 43.4 Å². The number of likely N-dealkylation sites (N-methyl/N-ethyl adjacent to an activating group) is 1. The summed E-state index contributed by atoms with van der Waals surface area (Å²) in [6.07, 6.45) is 6.51. The number of nitrogens with one attached hydrogen (secondary N) is 1. The van der Waals surface area contributed by atoms with Crippen molar-refractivity contribution in [2.45, 2.75) is 39.7 Å². The highest BCUT2D eigenvalue weighted by molar-refractivity contribution is 5.92. The number of carbonyl (C=O) groups is 2. The van der Waals surface area contributed by atoms with Gasteiger partial charge in [-0.05, 0) is 49.7 Å². The van der Waals surface area contributed by atoms with Crippen LogP contribution in [0.1, 0.15) is 43.1 Å². The van der Waals surface area contributed by atoms with Crippen molar-refractivity contribution in [3.63, 3.8) is 0 Å². The molecule has 160 valence electrons. The normalized spacial score (nSPS) is 13.0. The molecular weight excluding hydrogens is 362 g/mol. The Labute approximate surface area is 176 Å². The number of benzene rings is 1. The molecule has 0 saturated heterocycles. The van der Waals surface area contributed by atoms with E-state index in [1.54, 1.807) is 24.3 Å². The van der Waals surface area contributed by atoms with Crippen molar-refractivity contribution in [3.8, 4) is 0 Å². The first kappa shape index (κ1) is 26.3. The quantitative estimate of drug-likeness (QED) is 0.557. The maximum atomic E-state index is 12.3. The van der Waals surface area contributed by atoms with Gasteiger partial charge in [0.25, 0.3) is 0 Å². The van der Waals surface area contributed by atoms with E-state index in [0.717, 1.165) is 17.6 Å². The number of carbonyl (C=O) groups excluding carboxylic acids is 2. The topological polar surface area (TPSA) is 75.4 Å². The number of nitrogens with two attached hydrogens (primary N) is 1. The highest BCUT2D eigenvalue weighted by Crippen LogP contribution is 2.16. The molecule has 0 fully saturated rings. The number of nitrogens with zero attached hydrogens (tertiary/aromatic N) is 1. The highest BCUT2D eigenvalue weighted by Gasteiger charge is 2.16. The second-order valence-corrected chi connectivity index (χ2v) is 6.90. The molecule has 0 aliphatic carbocycles. The van der Waals surface area contributed by atoms with Crippen LogP contribution in [0.2, 0.25) is 0 Å². The van der Waals surface area contributed by atoms with Gasteiger partial charge in [-0.15, -0.1) is 0 Å². The molecule has 2 atom stereocenters. The molecule has 29 heavy (non-hydrogen) atoms. The molecule has 2 amide bonds. The van der Waals surface area contributed by atoms with E-state index >= 15 is 0 Å². The molecule has 0 aromatic heterocycles. The lowest BCUT2D eigenvalue weighted by atomic mass is 9.96. The van der Waals surface area contributed by atoms with Crippen molar-refractivity contribution < 1.29 is 9.59 Å². The fourth-order valence-corrected chi connectivity index (χ4v) is 2.78. The van der Waals surface area contributed by atoms with E-state index in [2.05, 4.69) is 23.4 Å². The molecule has 0 saturated carbocycles. The molecule has 0 bridgehead atoms. The number of hydrogen-bond acceptors (Lipinski definition) is 3. The summed E-state index contributed by atoms with van der Waals surface area (Å²) in [5.74, 6) is -0.341. The summed E-state index contributed by atoms with van der Waals surface area (Å²) in [7, 11) is 3.97. The number of rotatable bonds is 11. The van der Waals surface area contributed by atoms with Gasteiger partial charge in [-0.1, -0.05) is 64.3 Å². The summed E-state index contributed by atoms with van der Waals surface area (Å²) in [4.78, 5) is 25.6. The Hall–Kier alpha value is -2.66. The summed E-state index contributed by atoms with van der Waals surface area (Å²) in [6, 6.07) is 7.40. The minimum absolute atomic E-state index is 0.00948. The van der Waals surface area contributed by atoms with Gasteiger partial charge >= 0.3 is 0 Å². The number of allylic oxidation sites excluding steroid dienone is 4. The van der Waals surface area contributed by atoms with Crippen molar-refractivity contribution in [3.05, 3.63) is 72.4 Å². The van der Waals surface area contributed by atoms with Crippen LogP contribution in [0.5, 0.6) is 0 Å². The number of primary amides is 1. The number of hydrogen-bond donors (Lipinski definition) is 2. The van der Waals surface area contributed by atoms with E-state index in [0.29, 0.717) is 18.5 Å². The monoisotopic (exact) mass is 399 g/mol. The van der Waals surface area contributed by atoms with Gasteiger partial charge in [0.05, 0.1) is 0 Å². The predicted octanol–water partition coefficient (Wildman–Crippen LogP) is 3.73. The Morgan fingerprint density at radius 3 is 2.21 bits per heavy atom. The standard InChI is InChI=1S/C22H31N3O2.C2H6/c1-6-8-18(7-2)16(3)13-21(26)24-15-20(25(4)5)14-17-9-11-19(12-10-17)22(23)27;1-2/h6-12,16,20H,1-2,13-15H2,3-5H3,(H2,23,27)(H,24,26);1-2H3/b18-8+;. The predicted molar refractivity (Wildman–Crippen MR) is 123 cm³/mol. The summed E-state index contributed by atoms with van der Waals surface area (Å²) in [5, 5.41) is 3.02. The molecule has 0 heterocycles. The van der Waals surface area contributed by atoms with Crippen LogP contribution in [0.25, 0.3) is 0 Å². The van der Waals surface area contributed by atoms with Crippen molar-refractivity contribution in [2.24, 2.45) is 11.7 Å². The van der Waals surface area contributed by atoms with Gasteiger partial charge < -0.3 is 16.0 Å². The molecule has 1 rings (SSSR count). The minimum atomic E-state index is -0.434. The van der Waals surface area contributed by atoms with E-state index in [9.17, 15) is 9.59 Å². The molecule has 0 radical (unpaired) electrons. The van der Waals surface area contributed by atoms with Crippen molar-refractivity contribution in [1.29, 1.82) is 0 Å². The third-order valence-electron chi connectivity index (χ3n) is 4.58. The molecule has 0 spiro atoms. The first-order chi connectivity index (χ1) is 13.8. The van der Waals surface area contributed by atoms with Crippen LogP contribution in [0.15, 0.2) is 61.2 Å². The molecule has 2 unspecified atom stereocenters. The van der Waals surface area contributed by atoms with Gasteiger partial charge in [0.1, 0.15) is 0 Å². The smallest absolute Gasteiger partial charge is 0.248 e. The molecule has 5 nitrogen and oxygen atoms in total. The maximum absolute atomic E-state index is 12.3. The van der Waals surface area contributed by atoms with Crippen LogP contribution in [0.4, 0.5) is 0 Å². The molecule has 1 aromatic carbocycles. The zero-order valence-electron chi connectivity index (χ0n) is 18.6. The van der Waals surface area contributed by atoms with Gasteiger partial charge in [-0.2, -0.15) is 0 Å². The van der Waals surface area contributed by atoms with E-state index in [4.69, 9.17) is 5.73 Å². The van der Waals surface area contributed by atoms with Gasteiger partial charge in [0.15, 0.2) is 0 Å². The van der Waals surface area contributed by atoms with Crippen LogP contribution in [0, 0.1) is 5.92 Å². The molecule has 1 aromatic rings. The summed E-state index contributed by atoms with van der Waals surface area (Å²) >= 11 is 0. The van der Waals surface area contributed by atoms with Crippen LogP contribution in [-0.2, 0) is 11.2 Å².